The molecule has 1 aromatic rings. The highest BCUT2D eigenvalue weighted by Gasteiger charge is 2.17. The summed E-state index contributed by atoms with van der Waals surface area (Å²) in [5.74, 6) is -0.0458. The van der Waals surface area contributed by atoms with Crippen LogP contribution in [-0.2, 0) is 11.3 Å². The van der Waals surface area contributed by atoms with Crippen LogP contribution in [0.15, 0.2) is 10.2 Å². The van der Waals surface area contributed by atoms with E-state index in [0.717, 1.165) is 29.9 Å². The minimum absolute atomic E-state index is 0.0458. The normalized spacial score (nSPS) is 16.6. The monoisotopic (exact) mass is 240 g/mol. The first kappa shape index (κ1) is 11.4. The SMILES string of the molecule is Cc1csc(=O)n1CC(=O)NC1CCCC1. The lowest BCUT2D eigenvalue weighted by molar-refractivity contribution is -0.122. The third-order valence-corrected chi connectivity index (χ3v) is 3.88. The number of hydrogen-bond acceptors (Lipinski definition) is 3. The van der Waals surface area contributed by atoms with E-state index in [4.69, 9.17) is 0 Å². The van der Waals surface area contributed by atoms with E-state index < -0.39 is 0 Å². The molecule has 1 aromatic heterocycles. The maximum absolute atomic E-state index is 11.7. The number of thiazole rings is 1. The first-order chi connectivity index (χ1) is 7.66. The number of hydrogen-bond donors (Lipinski definition) is 1. The number of carbonyl (C=O) groups excluding carboxylic acids is 1. The van der Waals surface area contributed by atoms with Crippen molar-refractivity contribution >= 4 is 17.2 Å². The largest absolute Gasteiger partial charge is 0.352 e. The Morgan fingerprint density at radius 3 is 2.81 bits per heavy atom. The van der Waals surface area contributed by atoms with Crippen molar-refractivity contribution in [2.45, 2.75) is 45.2 Å². The summed E-state index contributed by atoms with van der Waals surface area (Å²) in [4.78, 5) is 23.1. The minimum atomic E-state index is -0.0564. The van der Waals surface area contributed by atoms with Gasteiger partial charge in [0.25, 0.3) is 0 Å². The Balaban J connectivity index is 1.94. The lowest BCUT2D eigenvalue weighted by Gasteiger charge is -2.12. The van der Waals surface area contributed by atoms with Crippen molar-refractivity contribution in [3.8, 4) is 0 Å². The first-order valence-electron chi connectivity index (χ1n) is 5.61. The van der Waals surface area contributed by atoms with E-state index in [1.54, 1.807) is 5.38 Å². The van der Waals surface area contributed by atoms with Crippen LogP contribution in [0.3, 0.4) is 0 Å². The molecule has 1 aliphatic rings. The topological polar surface area (TPSA) is 51.1 Å². The second-order valence-electron chi connectivity index (χ2n) is 4.28. The molecule has 0 aromatic carbocycles. The zero-order valence-corrected chi connectivity index (χ0v) is 10.2. The van der Waals surface area contributed by atoms with Crippen LogP contribution in [0.4, 0.5) is 0 Å². The Morgan fingerprint density at radius 1 is 1.56 bits per heavy atom. The molecule has 5 heteroatoms. The van der Waals surface area contributed by atoms with Crippen LogP contribution in [0.2, 0.25) is 0 Å². The molecule has 1 aliphatic carbocycles. The average molecular weight is 240 g/mol. The zero-order valence-electron chi connectivity index (χ0n) is 9.36. The number of nitrogens with zero attached hydrogens (tertiary/aromatic N) is 1. The highest BCUT2D eigenvalue weighted by molar-refractivity contribution is 7.07. The number of carbonyl (C=O) groups is 1. The predicted octanol–water partition coefficient (Wildman–Crippen LogP) is 1.28. The Morgan fingerprint density at radius 2 is 2.25 bits per heavy atom. The second kappa shape index (κ2) is 4.82. The van der Waals surface area contributed by atoms with Crippen LogP contribution in [0.25, 0.3) is 0 Å². The average Bonchev–Trinajstić information content (AvgIpc) is 2.83. The van der Waals surface area contributed by atoms with E-state index in [1.165, 1.54) is 17.4 Å². The van der Waals surface area contributed by atoms with Gasteiger partial charge in [0, 0.05) is 17.1 Å². The lowest BCUT2D eigenvalue weighted by Crippen LogP contribution is -2.36. The molecular weight excluding hydrogens is 224 g/mol. The highest BCUT2D eigenvalue weighted by Crippen LogP contribution is 2.17. The van der Waals surface area contributed by atoms with Crippen LogP contribution in [0.1, 0.15) is 31.4 Å². The molecule has 0 unspecified atom stereocenters. The summed E-state index contributed by atoms with van der Waals surface area (Å²) in [5.41, 5.74) is 0.858. The van der Waals surface area contributed by atoms with Gasteiger partial charge in [-0.05, 0) is 19.8 Å². The number of nitrogens with one attached hydrogen (secondary N) is 1. The molecule has 88 valence electrons. The van der Waals surface area contributed by atoms with Gasteiger partial charge in [0.2, 0.25) is 5.91 Å². The molecule has 1 fully saturated rings. The van der Waals surface area contributed by atoms with Crippen LogP contribution in [0.5, 0.6) is 0 Å². The summed E-state index contributed by atoms with van der Waals surface area (Å²) < 4.78 is 1.52. The Bertz CT molecular complexity index is 429. The summed E-state index contributed by atoms with van der Waals surface area (Å²) in [6, 6.07) is 0.321. The molecule has 0 atom stereocenters. The summed E-state index contributed by atoms with van der Waals surface area (Å²) >= 11 is 1.14. The van der Waals surface area contributed by atoms with Gasteiger partial charge in [-0.25, -0.2) is 0 Å². The molecule has 16 heavy (non-hydrogen) atoms. The van der Waals surface area contributed by atoms with Crippen LogP contribution < -0.4 is 10.2 Å². The fourth-order valence-electron chi connectivity index (χ4n) is 2.08. The molecule has 2 rings (SSSR count). The number of aryl methyl sites for hydroxylation is 1. The number of rotatable bonds is 3. The van der Waals surface area contributed by atoms with Gasteiger partial charge in [-0.3, -0.25) is 14.2 Å². The van der Waals surface area contributed by atoms with Crippen molar-refractivity contribution in [2.75, 3.05) is 0 Å². The van der Waals surface area contributed by atoms with E-state index in [0.29, 0.717) is 6.04 Å². The van der Waals surface area contributed by atoms with Gasteiger partial charge >= 0.3 is 4.87 Å². The molecule has 1 amide bonds. The molecule has 1 N–H and O–H groups in total. The van der Waals surface area contributed by atoms with E-state index in [2.05, 4.69) is 5.32 Å². The Labute approximate surface area is 98.3 Å². The molecule has 1 saturated carbocycles. The summed E-state index contributed by atoms with van der Waals surface area (Å²) in [6.45, 7) is 2.01. The maximum atomic E-state index is 11.7. The van der Waals surface area contributed by atoms with Gasteiger partial charge in [0.15, 0.2) is 0 Å². The third kappa shape index (κ3) is 2.52. The Kier molecular flexibility index (Phi) is 3.43. The predicted molar refractivity (Wildman–Crippen MR) is 63.7 cm³/mol. The third-order valence-electron chi connectivity index (χ3n) is 3.00. The molecule has 0 saturated heterocycles. The van der Waals surface area contributed by atoms with Crippen molar-refractivity contribution in [3.05, 3.63) is 20.7 Å². The van der Waals surface area contributed by atoms with Crippen LogP contribution in [-0.4, -0.2) is 16.5 Å². The van der Waals surface area contributed by atoms with Crippen molar-refractivity contribution in [1.29, 1.82) is 0 Å². The first-order valence-corrected chi connectivity index (χ1v) is 6.49. The summed E-state index contributed by atoms with van der Waals surface area (Å²) in [5, 5.41) is 4.76. The standard InChI is InChI=1S/C11H16N2O2S/c1-8-7-16-11(15)13(8)6-10(14)12-9-4-2-3-5-9/h7,9H,2-6H2,1H3,(H,12,14). The van der Waals surface area contributed by atoms with E-state index >= 15 is 0 Å². The van der Waals surface area contributed by atoms with E-state index in [9.17, 15) is 9.59 Å². The smallest absolute Gasteiger partial charge is 0.307 e. The second-order valence-corrected chi connectivity index (χ2v) is 5.10. The van der Waals surface area contributed by atoms with Gasteiger partial charge in [-0.1, -0.05) is 24.2 Å². The number of amides is 1. The van der Waals surface area contributed by atoms with Crippen molar-refractivity contribution in [1.82, 2.24) is 9.88 Å². The van der Waals surface area contributed by atoms with Crippen LogP contribution >= 0.6 is 11.3 Å². The van der Waals surface area contributed by atoms with Crippen molar-refractivity contribution in [3.63, 3.8) is 0 Å². The summed E-state index contributed by atoms with van der Waals surface area (Å²) in [6.07, 6.45) is 4.54. The van der Waals surface area contributed by atoms with Gasteiger partial charge in [-0.15, -0.1) is 0 Å². The molecular formula is C11H16N2O2S. The molecule has 0 radical (unpaired) electrons. The fraction of sp³-hybridized carbons (Fsp3) is 0.636. The molecule has 0 bridgehead atoms. The van der Waals surface area contributed by atoms with Gasteiger partial charge in [0.1, 0.15) is 6.54 Å². The minimum Gasteiger partial charge on any atom is -0.352 e. The molecule has 0 spiro atoms. The maximum Gasteiger partial charge on any atom is 0.307 e. The lowest BCUT2D eigenvalue weighted by atomic mass is 10.2. The highest BCUT2D eigenvalue weighted by atomic mass is 32.1. The molecule has 1 heterocycles. The Hall–Kier alpha value is -1.10. The van der Waals surface area contributed by atoms with Gasteiger partial charge in [0.05, 0.1) is 0 Å². The quantitative estimate of drug-likeness (QED) is 0.865. The molecule has 4 nitrogen and oxygen atoms in total. The fourth-order valence-corrected chi connectivity index (χ4v) is 2.82. The summed E-state index contributed by atoms with van der Waals surface area (Å²) in [7, 11) is 0. The van der Waals surface area contributed by atoms with Crippen LogP contribution in [0, 0.1) is 6.92 Å². The van der Waals surface area contributed by atoms with Gasteiger partial charge < -0.3 is 5.32 Å². The van der Waals surface area contributed by atoms with E-state index in [1.807, 2.05) is 6.92 Å². The number of aromatic nitrogens is 1. The van der Waals surface area contributed by atoms with Crippen molar-refractivity contribution < 1.29 is 4.79 Å². The van der Waals surface area contributed by atoms with Crippen molar-refractivity contribution in [2.24, 2.45) is 0 Å². The van der Waals surface area contributed by atoms with Gasteiger partial charge in [-0.2, -0.15) is 0 Å². The zero-order chi connectivity index (χ0) is 11.5. The van der Waals surface area contributed by atoms with E-state index in [-0.39, 0.29) is 17.3 Å². The molecule has 0 aliphatic heterocycles.